The molecule has 0 aromatic carbocycles. The molecule has 5 fully saturated rings. The van der Waals surface area contributed by atoms with Crippen molar-refractivity contribution in [1.82, 2.24) is 14.7 Å². The highest BCUT2D eigenvalue weighted by molar-refractivity contribution is 5.82. The Kier molecular flexibility index (Phi) is 6.31. The molecule has 2 amide bonds. The normalized spacial score (nSPS) is 39.8. The number of hydrogen-bond acceptors (Lipinski definition) is 4. The maximum absolute atomic E-state index is 13.1. The summed E-state index contributed by atoms with van der Waals surface area (Å²) < 4.78 is 5.54. The zero-order valence-electron chi connectivity index (χ0n) is 19.5. The second-order valence-electron chi connectivity index (χ2n) is 11.0. The third-order valence-electron chi connectivity index (χ3n) is 9.06. The molecule has 0 bridgehead atoms. The molecule has 0 spiro atoms. The summed E-state index contributed by atoms with van der Waals surface area (Å²) in [6.45, 7) is 8.55. The number of nitrogens with zero attached hydrogens (tertiary/aromatic N) is 3. The van der Waals surface area contributed by atoms with Crippen LogP contribution >= 0.6 is 0 Å². The molecule has 3 saturated carbocycles. The van der Waals surface area contributed by atoms with Crippen LogP contribution in [0.5, 0.6) is 0 Å². The van der Waals surface area contributed by atoms with Gasteiger partial charge in [-0.05, 0) is 76.5 Å². The van der Waals surface area contributed by atoms with E-state index < -0.39 is 0 Å². The molecule has 3 unspecified atom stereocenters. The summed E-state index contributed by atoms with van der Waals surface area (Å²) in [5, 5.41) is 0. The molecule has 0 aromatic rings. The number of hydrogen-bond donors (Lipinski definition) is 0. The lowest BCUT2D eigenvalue weighted by Crippen LogP contribution is -2.67. The largest absolute Gasteiger partial charge is 0.379 e. The minimum absolute atomic E-state index is 0.141. The second-order valence-corrected chi connectivity index (χ2v) is 11.0. The van der Waals surface area contributed by atoms with Crippen molar-refractivity contribution in [2.24, 2.45) is 17.8 Å². The summed E-state index contributed by atoms with van der Waals surface area (Å²) >= 11 is 0. The van der Waals surface area contributed by atoms with E-state index in [1.54, 1.807) is 6.92 Å². The van der Waals surface area contributed by atoms with Crippen LogP contribution in [-0.4, -0.2) is 83.5 Å². The average Bonchev–Trinajstić information content (AvgIpc) is 3.64. The van der Waals surface area contributed by atoms with E-state index in [-0.39, 0.29) is 30.0 Å². The number of fused-ring (bicyclic) bond motifs is 1. The molecule has 174 valence electrons. The first-order valence-electron chi connectivity index (χ1n) is 12.9. The summed E-state index contributed by atoms with van der Waals surface area (Å²) in [4.78, 5) is 32.6. The van der Waals surface area contributed by atoms with Crippen molar-refractivity contribution >= 4 is 11.8 Å². The van der Waals surface area contributed by atoms with E-state index >= 15 is 0 Å². The van der Waals surface area contributed by atoms with Crippen LogP contribution in [0.3, 0.4) is 0 Å². The van der Waals surface area contributed by atoms with Gasteiger partial charge in [0.1, 0.15) is 0 Å². The molecule has 2 saturated heterocycles. The zero-order valence-corrected chi connectivity index (χ0v) is 19.5. The fourth-order valence-electron chi connectivity index (χ4n) is 7.33. The number of ether oxygens (including phenoxy) is 1. The molecule has 5 rings (SSSR count). The first-order valence-corrected chi connectivity index (χ1v) is 12.9. The van der Waals surface area contributed by atoms with E-state index in [9.17, 15) is 9.59 Å². The highest BCUT2D eigenvalue weighted by atomic mass is 16.5. The van der Waals surface area contributed by atoms with Gasteiger partial charge >= 0.3 is 0 Å². The molecule has 0 N–H and O–H groups in total. The van der Waals surface area contributed by atoms with Crippen molar-refractivity contribution in [1.29, 1.82) is 0 Å². The van der Waals surface area contributed by atoms with Gasteiger partial charge in [0.05, 0.1) is 25.3 Å². The molecule has 6 heteroatoms. The van der Waals surface area contributed by atoms with Crippen LogP contribution in [-0.2, 0) is 14.3 Å². The van der Waals surface area contributed by atoms with E-state index in [4.69, 9.17) is 4.74 Å². The van der Waals surface area contributed by atoms with Crippen LogP contribution in [0, 0.1) is 17.8 Å². The Hall–Kier alpha value is -1.14. The third kappa shape index (κ3) is 4.39. The topological polar surface area (TPSA) is 53.1 Å². The first-order chi connectivity index (χ1) is 15.0. The Balaban J connectivity index is 1.24. The van der Waals surface area contributed by atoms with Crippen molar-refractivity contribution in [2.75, 3.05) is 32.8 Å². The van der Waals surface area contributed by atoms with Crippen LogP contribution in [0.25, 0.3) is 0 Å². The first kappa shape index (κ1) is 21.7. The Labute approximate surface area is 187 Å². The van der Waals surface area contributed by atoms with E-state index in [0.29, 0.717) is 11.8 Å². The van der Waals surface area contributed by atoms with Gasteiger partial charge in [-0.1, -0.05) is 0 Å². The maximum Gasteiger partial charge on any atom is 0.226 e. The lowest BCUT2D eigenvalue weighted by atomic mass is 9.68. The molecular weight excluding hydrogens is 390 g/mol. The predicted octanol–water partition coefficient (Wildman–Crippen LogP) is 2.90. The van der Waals surface area contributed by atoms with Crippen LogP contribution in [0.4, 0.5) is 0 Å². The fraction of sp³-hybridized carbons (Fsp3) is 0.920. The van der Waals surface area contributed by atoms with Crippen LogP contribution < -0.4 is 0 Å². The molecule has 4 atom stereocenters. The van der Waals surface area contributed by atoms with Crippen molar-refractivity contribution in [3.8, 4) is 0 Å². The van der Waals surface area contributed by atoms with Crippen LogP contribution in [0.1, 0.15) is 71.6 Å². The summed E-state index contributed by atoms with van der Waals surface area (Å²) in [7, 11) is 0. The molecular formula is C25H41N3O3. The lowest BCUT2D eigenvalue weighted by molar-refractivity contribution is -0.155. The summed E-state index contributed by atoms with van der Waals surface area (Å²) in [5.74, 6) is 2.33. The highest BCUT2D eigenvalue weighted by Crippen LogP contribution is 2.44. The predicted molar refractivity (Wildman–Crippen MR) is 119 cm³/mol. The summed E-state index contributed by atoms with van der Waals surface area (Å²) in [5.41, 5.74) is 0. The number of amides is 2. The standard InChI is InChI=1S/C25H41N3O3/c1-17-16-27(25(30)20-3-4-20)24-15-21(7-10-23(24)28(17)18(2)29)19-5-8-22(9-6-19)26-11-13-31-14-12-26/h17,19-24H,3-16H2,1-2H3/t17-,19?,21?,22?,23?,24?/m0/s1. The number of piperazine rings is 1. The van der Waals surface area contributed by atoms with Crippen molar-refractivity contribution < 1.29 is 14.3 Å². The highest BCUT2D eigenvalue weighted by Gasteiger charge is 2.49. The van der Waals surface area contributed by atoms with Gasteiger partial charge in [0.15, 0.2) is 0 Å². The van der Waals surface area contributed by atoms with Crippen molar-refractivity contribution in [3.05, 3.63) is 0 Å². The SMILES string of the molecule is CC(=O)N1C2CCC(C3CCC(N4CCOCC4)CC3)CC2N(C(=O)C2CC2)C[C@@H]1C. The molecule has 2 aliphatic heterocycles. The fourth-order valence-corrected chi connectivity index (χ4v) is 7.33. The van der Waals surface area contributed by atoms with E-state index in [0.717, 1.165) is 70.5 Å². The van der Waals surface area contributed by atoms with E-state index in [1.165, 1.54) is 32.1 Å². The van der Waals surface area contributed by atoms with Crippen LogP contribution in [0.15, 0.2) is 0 Å². The number of carbonyl (C=O) groups is 2. The monoisotopic (exact) mass is 431 g/mol. The Morgan fingerprint density at radius 3 is 2.16 bits per heavy atom. The Morgan fingerprint density at radius 1 is 0.839 bits per heavy atom. The quantitative estimate of drug-likeness (QED) is 0.690. The molecule has 0 aromatic heterocycles. The van der Waals surface area contributed by atoms with Gasteiger partial charge in [0.25, 0.3) is 0 Å². The van der Waals surface area contributed by atoms with Gasteiger partial charge in [0, 0.05) is 44.6 Å². The molecule has 0 radical (unpaired) electrons. The molecule has 5 aliphatic rings. The summed E-state index contributed by atoms with van der Waals surface area (Å²) in [6.07, 6.45) is 10.8. The molecule has 6 nitrogen and oxygen atoms in total. The number of rotatable bonds is 3. The van der Waals surface area contributed by atoms with Gasteiger partial charge in [-0.15, -0.1) is 0 Å². The Bertz CT molecular complexity index is 667. The average molecular weight is 432 g/mol. The number of carbonyl (C=O) groups excluding carboxylic acids is 2. The lowest BCUT2D eigenvalue weighted by Gasteiger charge is -2.55. The zero-order chi connectivity index (χ0) is 21.5. The van der Waals surface area contributed by atoms with Gasteiger partial charge in [-0.25, -0.2) is 0 Å². The Morgan fingerprint density at radius 2 is 1.52 bits per heavy atom. The third-order valence-corrected chi connectivity index (χ3v) is 9.06. The number of morpholine rings is 1. The van der Waals surface area contributed by atoms with Crippen molar-refractivity contribution in [3.63, 3.8) is 0 Å². The molecule has 31 heavy (non-hydrogen) atoms. The van der Waals surface area contributed by atoms with Gasteiger partial charge in [-0.3, -0.25) is 14.5 Å². The maximum atomic E-state index is 13.1. The summed E-state index contributed by atoms with van der Waals surface area (Å²) in [6, 6.07) is 1.35. The second kappa shape index (κ2) is 9.01. The van der Waals surface area contributed by atoms with Gasteiger partial charge in [-0.2, -0.15) is 0 Å². The van der Waals surface area contributed by atoms with Gasteiger partial charge in [0.2, 0.25) is 11.8 Å². The van der Waals surface area contributed by atoms with Gasteiger partial charge < -0.3 is 14.5 Å². The smallest absolute Gasteiger partial charge is 0.226 e. The van der Waals surface area contributed by atoms with Crippen LogP contribution in [0.2, 0.25) is 0 Å². The van der Waals surface area contributed by atoms with E-state index in [1.807, 2.05) is 0 Å². The van der Waals surface area contributed by atoms with E-state index in [2.05, 4.69) is 21.6 Å². The minimum Gasteiger partial charge on any atom is -0.379 e. The molecule has 3 aliphatic carbocycles. The van der Waals surface area contributed by atoms with Crippen molar-refractivity contribution in [2.45, 2.75) is 95.8 Å². The molecule has 2 heterocycles. The minimum atomic E-state index is 0.141.